The first kappa shape index (κ1) is 12.1. The molecule has 1 aromatic rings. The maximum atomic E-state index is 10.5. The molecule has 0 radical (unpaired) electrons. The Kier molecular flexibility index (Phi) is 5.28. The minimum atomic E-state index is -0.237. The van der Waals surface area contributed by atoms with Crippen LogP contribution < -0.4 is 11.1 Å². The largest absolute Gasteiger partial charge is 0.370 e. The number of hydrogen-bond donors (Lipinski definition) is 2. The number of carbonyl (C=O) groups is 1. The molecule has 0 aliphatic carbocycles. The molecule has 84 valence electrons. The predicted molar refractivity (Wildman–Crippen MR) is 61.6 cm³/mol. The van der Waals surface area contributed by atoms with E-state index in [1.807, 2.05) is 0 Å². The van der Waals surface area contributed by atoms with Crippen LogP contribution >= 0.6 is 11.3 Å². The Morgan fingerprint density at radius 1 is 1.67 bits per heavy atom. The van der Waals surface area contributed by atoms with Gasteiger partial charge in [0.25, 0.3) is 0 Å². The first-order chi connectivity index (χ1) is 7.22. The molecule has 0 unspecified atom stereocenters. The van der Waals surface area contributed by atoms with Gasteiger partial charge in [0.2, 0.25) is 5.91 Å². The van der Waals surface area contributed by atoms with Gasteiger partial charge in [0.15, 0.2) is 0 Å². The zero-order chi connectivity index (χ0) is 11.1. The molecule has 0 aromatic carbocycles. The van der Waals surface area contributed by atoms with Crippen LogP contribution in [0, 0.1) is 0 Å². The van der Waals surface area contributed by atoms with Gasteiger partial charge in [0.05, 0.1) is 10.7 Å². The van der Waals surface area contributed by atoms with Crippen molar-refractivity contribution in [1.29, 1.82) is 0 Å². The summed E-state index contributed by atoms with van der Waals surface area (Å²) in [7, 11) is 0. The molecule has 0 saturated heterocycles. The van der Waals surface area contributed by atoms with Gasteiger partial charge in [-0.2, -0.15) is 0 Å². The van der Waals surface area contributed by atoms with E-state index in [-0.39, 0.29) is 5.91 Å². The third-order valence-electron chi connectivity index (χ3n) is 1.98. The molecule has 0 spiro atoms. The van der Waals surface area contributed by atoms with Crippen molar-refractivity contribution in [2.75, 3.05) is 6.54 Å². The SMILES string of the molecule is CCc1nc(CNCCCC(N)=O)cs1. The summed E-state index contributed by atoms with van der Waals surface area (Å²) in [5.41, 5.74) is 6.11. The number of primary amides is 1. The van der Waals surface area contributed by atoms with E-state index in [0.29, 0.717) is 6.42 Å². The quantitative estimate of drug-likeness (QED) is 0.684. The molecule has 1 amide bonds. The number of thiazole rings is 1. The number of nitrogens with two attached hydrogens (primary N) is 1. The maximum Gasteiger partial charge on any atom is 0.217 e. The molecule has 1 heterocycles. The molecule has 5 heteroatoms. The summed E-state index contributed by atoms with van der Waals surface area (Å²) in [5, 5.41) is 6.47. The average molecular weight is 227 g/mol. The number of aryl methyl sites for hydroxylation is 1. The van der Waals surface area contributed by atoms with E-state index in [1.54, 1.807) is 11.3 Å². The predicted octanol–water partition coefficient (Wildman–Crippen LogP) is 1.06. The van der Waals surface area contributed by atoms with Crippen molar-refractivity contribution < 1.29 is 4.79 Å². The minimum absolute atomic E-state index is 0.237. The van der Waals surface area contributed by atoms with E-state index < -0.39 is 0 Å². The zero-order valence-corrected chi connectivity index (χ0v) is 9.77. The van der Waals surface area contributed by atoms with Crippen molar-refractivity contribution in [2.45, 2.75) is 32.7 Å². The van der Waals surface area contributed by atoms with Gasteiger partial charge in [-0.25, -0.2) is 4.98 Å². The van der Waals surface area contributed by atoms with Crippen LogP contribution in [-0.2, 0) is 17.8 Å². The van der Waals surface area contributed by atoms with Crippen molar-refractivity contribution in [3.05, 3.63) is 16.1 Å². The Bertz CT molecular complexity index is 311. The average Bonchev–Trinajstić information content (AvgIpc) is 2.65. The second-order valence-electron chi connectivity index (χ2n) is 3.33. The van der Waals surface area contributed by atoms with Gasteiger partial charge in [-0.1, -0.05) is 6.92 Å². The molecule has 0 bridgehead atoms. The van der Waals surface area contributed by atoms with Crippen molar-refractivity contribution in [2.24, 2.45) is 5.73 Å². The lowest BCUT2D eigenvalue weighted by molar-refractivity contribution is -0.118. The van der Waals surface area contributed by atoms with Gasteiger partial charge in [-0.3, -0.25) is 4.79 Å². The molecule has 0 aliphatic heterocycles. The molecule has 0 saturated carbocycles. The summed E-state index contributed by atoms with van der Waals surface area (Å²) in [6, 6.07) is 0. The van der Waals surface area contributed by atoms with Crippen LogP contribution in [0.25, 0.3) is 0 Å². The van der Waals surface area contributed by atoms with Gasteiger partial charge in [-0.15, -0.1) is 11.3 Å². The van der Waals surface area contributed by atoms with E-state index in [0.717, 1.165) is 31.6 Å². The Morgan fingerprint density at radius 2 is 2.47 bits per heavy atom. The maximum absolute atomic E-state index is 10.5. The third kappa shape index (κ3) is 4.90. The molecular formula is C10H17N3OS. The number of amides is 1. The highest BCUT2D eigenvalue weighted by molar-refractivity contribution is 7.09. The number of carbonyl (C=O) groups excluding carboxylic acids is 1. The van der Waals surface area contributed by atoms with E-state index >= 15 is 0 Å². The molecule has 4 nitrogen and oxygen atoms in total. The van der Waals surface area contributed by atoms with Gasteiger partial charge in [-0.05, 0) is 19.4 Å². The lowest BCUT2D eigenvalue weighted by atomic mass is 10.3. The summed E-state index contributed by atoms with van der Waals surface area (Å²) >= 11 is 1.69. The van der Waals surface area contributed by atoms with E-state index in [2.05, 4.69) is 22.6 Å². The van der Waals surface area contributed by atoms with Crippen LogP contribution in [0.1, 0.15) is 30.5 Å². The Hall–Kier alpha value is -0.940. The van der Waals surface area contributed by atoms with Crippen LogP contribution in [0.3, 0.4) is 0 Å². The van der Waals surface area contributed by atoms with Crippen LogP contribution in [-0.4, -0.2) is 17.4 Å². The van der Waals surface area contributed by atoms with Gasteiger partial charge in [0.1, 0.15) is 0 Å². The first-order valence-electron chi connectivity index (χ1n) is 5.14. The van der Waals surface area contributed by atoms with E-state index in [9.17, 15) is 4.79 Å². The highest BCUT2D eigenvalue weighted by atomic mass is 32.1. The summed E-state index contributed by atoms with van der Waals surface area (Å²) in [6.07, 6.45) is 2.23. The van der Waals surface area contributed by atoms with E-state index in [1.165, 1.54) is 5.01 Å². The van der Waals surface area contributed by atoms with Crippen molar-refractivity contribution in [1.82, 2.24) is 10.3 Å². The first-order valence-corrected chi connectivity index (χ1v) is 6.02. The van der Waals surface area contributed by atoms with Crippen molar-refractivity contribution >= 4 is 17.2 Å². The van der Waals surface area contributed by atoms with Crippen LogP contribution in [0.15, 0.2) is 5.38 Å². The fraction of sp³-hybridized carbons (Fsp3) is 0.600. The summed E-state index contributed by atoms with van der Waals surface area (Å²) in [4.78, 5) is 14.9. The normalized spacial score (nSPS) is 10.5. The van der Waals surface area contributed by atoms with Gasteiger partial charge in [0, 0.05) is 18.3 Å². The van der Waals surface area contributed by atoms with Crippen molar-refractivity contribution in [3.63, 3.8) is 0 Å². The second-order valence-corrected chi connectivity index (χ2v) is 4.28. The fourth-order valence-electron chi connectivity index (χ4n) is 1.20. The Balaban J connectivity index is 2.12. The molecule has 1 rings (SSSR count). The highest BCUT2D eigenvalue weighted by Crippen LogP contribution is 2.09. The van der Waals surface area contributed by atoms with Crippen molar-refractivity contribution in [3.8, 4) is 0 Å². The lowest BCUT2D eigenvalue weighted by Gasteiger charge is -2.00. The molecule has 15 heavy (non-hydrogen) atoms. The molecule has 1 aromatic heterocycles. The Morgan fingerprint density at radius 3 is 3.07 bits per heavy atom. The Labute approximate surface area is 93.9 Å². The number of nitrogens with zero attached hydrogens (tertiary/aromatic N) is 1. The third-order valence-corrected chi connectivity index (χ3v) is 3.03. The summed E-state index contributed by atoms with van der Waals surface area (Å²) < 4.78 is 0. The van der Waals surface area contributed by atoms with Crippen LogP contribution in [0.5, 0.6) is 0 Å². The molecule has 0 aliphatic rings. The summed E-state index contributed by atoms with van der Waals surface area (Å²) in [5.74, 6) is -0.237. The van der Waals surface area contributed by atoms with Gasteiger partial charge < -0.3 is 11.1 Å². The van der Waals surface area contributed by atoms with Gasteiger partial charge >= 0.3 is 0 Å². The lowest BCUT2D eigenvalue weighted by Crippen LogP contribution is -2.18. The standard InChI is InChI=1S/C10H17N3OS/c1-2-10-13-8(7-15-10)6-12-5-3-4-9(11)14/h7,12H,2-6H2,1H3,(H2,11,14). The van der Waals surface area contributed by atoms with E-state index in [4.69, 9.17) is 5.73 Å². The highest BCUT2D eigenvalue weighted by Gasteiger charge is 1.99. The smallest absolute Gasteiger partial charge is 0.217 e. The second kappa shape index (κ2) is 6.53. The molecule has 3 N–H and O–H groups in total. The summed E-state index contributed by atoms with van der Waals surface area (Å²) in [6.45, 7) is 3.68. The molecule has 0 atom stereocenters. The fourth-order valence-corrected chi connectivity index (χ4v) is 1.94. The monoisotopic (exact) mass is 227 g/mol. The topological polar surface area (TPSA) is 68.0 Å². The number of rotatable bonds is 7. The number of hydrogen-bond acceptors (Lipinski definition) is 4. The number of nitrogens with one attached hydrogen (secondary N) is 1. The minimum Gasteiger partial charge on any atom is -0.370 e. The number of aromatic nitrogens is 1. The van der Waals surface area contributed by atoms with Crippen LogP contribution in [0.2, 0.25) is 0 Å². The zero-order valence-electron chi connectivity index (χ0n) is 8.95. The molecular weight excluding hydrogens is 210 g/mol. The van der Waals surface area contributed by atoms with Crippen LogP contribution in [0.4, 0.5) is 0 Å². The molecule has 0 fully saturated rings.